The van der Waals surface area contributed by atoms with Crippen molar-refractivity contribution in [2.75, 3.05) is 13.2 Å². The molecule has 0 spiro atoms. The number of nitrogens with zero attached hydrogens (tertiary/aromatic N) is 2. The normalized spacial score (nSPS) is 17.9. The molecule has 1 aromatic carbocycles. The maximum absolute atomic E-state index is 12.0. The van der Waals surface area contributed by atoms with Crippen molar-refractivity contribution in [3.8, 4) is 5.75 Å². The summed E-state index contributed by atoms with van der Waals surface area (Å²) in [4.78, 5) is 12.0. The number of hydrogen-bond donors (Lipinski definition) is 2. The number of hydrazone groups is 1. The molecule has 1 aliphatic rings. The molecule has 0 saturated heterocycles. The molecule has 114 valence electrons. The van der Waals surface area contributed by atoms with Crippen molar-refractivity contribution in [3.63, 3.8) is 0 Å². The fourth-order valence-corrected chi connectivity index (χ4v) is 2.11. The Hall–Kier alpha value is -1.92. The van der Waals surface area contributed by atoms with Crippen LogP contribution in [-0.4, -0.2) is 45.8 Å². The number of rotatable bonds is 4. The van der Waals surface area contributed by atoms with E-state index in [0.717, 1.165) is 5.01 Å². The number of amides is 1. The quantitative estimate of drug-likeness (QED) is 0.811. The summed E-state index contributed by atoms with van der Waals surface area (Å²) in [5.41, 5.74) is -0.575. The van der Waals surface area contributed by atoms with Crippen LogP contribution in [0.2, 0.25) is 0 Å². The summed E-state index contributed by atoms with van der Waals surface area (Å²) >= 11 is 0. The first-order valence-electron chi connectivity index (χ1n) is 6.77. The highest BCUT2D eigenvalue weighted by molar-refractivity contribution is 6.15. The van der Waals surface area contributed by atoms with Crippen LogP contribution in [0.25, 0.3) is 0 Å². The Morgan fingerprint density at radius 1 is 1.24 bits per heavy atom. The van der Waals surface area contributed by atoms with Crippen molar-refractivity contribution >= 4 is 11.6 Å². The molecule has 0 fully saturated rings. The molecule has 0 saturated carbocycles. The van der Waals surface area contributed by atoms with E-state index in [9.17, 15) is 15.0 Å². The third-order valence-electron chi connectivity index (χ3n) is 3.11. The van der Waals surface area contributed by atoms with Crippen LogP contribution in [0.5, 0.6) is 5.75 Å². The van der Waals surface area contributed by atoms with Gasteiger partial charge in [-0.05, 0) is 12.1 Å². The van der Waals surface area contributed by atoms with Crippen LogP contribution >= 0.6 is 0 Å². The van der Waals surface area contributed by atoms with E-state index in [2.05, 4.69) is 5.10 Å². The molecule has 1 heterocycles. The average Bonchev–Trinajstić information content (AvgIpc) is 2.63. The molecule has 1 aliphatic heterocycles. The molecular weight excluding hydrogens is 272 g/mol. The molecular formula is C15H20N2O4. The van der Waals surface area contributed by atoms with Crippen LogP contribution in [-0.2, 0) is 4.79 Å². The molecule has 0 unspecified atom stereocenters. The topological polar surface area (TPSA) is 82.4 Å². The van der Waals surface area contributed by atoms with Gasteiger partial charge in [-0.15, -0.1) is 0 Å². The second-order valence-corrected chi connectivity index (χ2v) is 5.96. The molecule has 2 rings (SSSR count). The van der Waals surface area contributed by atoms with Crippen LogP contribution < -0.4 is 4.74 Å². The summed E-state index contributed by atoms with van der Waals surface area (Å²) in [6, 6.07) is 9.18. The van der Waals surface area contributed by atoms with E-state index in [0.29, 0.717) is 5.75 Å². The molecule has 21 heavy (non-hydrogen) atoms. The molecule has 0 bridgehead atoms. The standard InChI is InChI=1S/C15H20N2O4/c1-14(2,3)12-15(19,20)13(18)17(16-12)9-10-21-11-7-5-4-6-8-11/h4-8,19-20H,9-10H2,1-3H3. The molecule has 6 nitrogen and oxygen atoms in total. The Bertz CT molecular complexity index is 547. The van der Waals surface area contributed by atoms with Gasteiger partial charge >= 0.3 is 5.91 Å². The molecule has 0 radical (unpaired) electrons. The van der Waals surface area contributed by atoms with Crippen molar-refractivity contribution in [1.29, 1.82) is 0 Å². The summed E-state index contributed by atoms with van der Waals surface area (Å²) in [5, 5.41) is 25.0. The number of benzene rings is 1. The third-order valence-corrected chi connectivity index (χ3v) is 3.11. The van der Waals surface area contributed by atoms with E-state index in [4.69, 9.17) is 4.74 Å². The number of carbonyl (C=O) groups excluding carboxylic acids is 1. The SMILES string of the molecule is CC(C)(C)C1=NN(CCOc2ccccc2)C(=O)C1(O)O. The van der Waals surface area contributed by atoms with Crippen LogP contribution in [0.15, 0.2) is 35.4 Å². The average molecular weight is 292 g/mol. The van der Waals surface area contributed by atoms with Crippen LogP contribution in [0.1, 0.15) is 20.8 Å². The Labute approximate surface area is 123 Å². The van der Waals surface area contributed by atoms with Gasteiger partial charge in [0, 0.05) is 5.41 Å². The van der Waals surface area contributed by atoms with E-state index in [1.807, 2.05) is 18.2 Å². The number of carbonyl (C=O) groups is 1. The summed E-state index contributed by atoms with van der Waals surface area (Å²) in [5.74, 6) is -2.70. The van der Waals surface area contributed by atoms with E-state index in [1.54, 1.807) is 32.9 Å². The van der Waals surface area contributed by atoms with Gasteiger partial charge in [0.05, 0.1) is 6.54 Å². The van der Waals surface area contributed by atoms with E-state index >= 15 is 0 Å². The molecule has 0 aromatic heterocycles. The number of para-hydroxylation sites is 1. The van der Waals surface area contributed by atoms with Gasteiger partial charge in [-0.3, -0.25) is 4.79 Å². The van der Waals surface area contributed by atoms with E-state index in [-0.39, 0.29) is 18.9 Å². The minimum atomic E-state index is -2.54. The van der Waals surface area contributed by atoms with E-state index in [1.165, 1.54) is 0 Å². The lowest BCUT2D eigenvalue weighted by Gasteiger charge is -2.24. The number of hydrogen-bond acceptors (Lipinski definition) is 5. The number of ether oxygens (including phenoxy) is 1. The maximum atomic E-state index is 12.0. The monoisotopic (exact) mass is 292 g/mol. The molecule has 1 aromatic rings. The van der Waals surface area contributed by atoms with Crippen molar-refractivity contribution in [3.05, 3.63) is 30.3 Å². The van der Waals surface area contributed by atoms with Gasteiger partial charge in [0.2, 0.25) is 0 Å². The Morgan fingerprint density at radius 2 is 1.86 bits per heavy atom. The highest BCUT2D eigenvalue weighted by atomic mass is 16.5. The van der Waals surface area contributed by atoms with Gasteiger partial charge in [-0.1, -0.05) is 39.0 Å². The summed E-state index contributed by atoms with van der Waals surface area (Å²) in [6.45, 7) is 5.67. The zero-order valence-electron chi connectivity index (χ0n) is 12.4. The Balaban J connectivity index is 2.01. The van der Waals surface area contributed by atoms with Gasteiger partial charge in [-0.25, -0.2) is 5.01 Å². The van der Waals surface area contributed by atoms with Crippen LogP contribution in [0, 0.1) is 5.41 Å². The summed E-state index contributed by atoms with van der Waals surface area (Å²) < 4.78 is 5.48. The van der Waals surface area contributed by atoms with Crippen LogP contribution in [0.4, 0.5) is 0 Å². The zero-order valence-corrected chi connectivity index (χ0v) is 12.4. The first kappa shape index (κ1) is 15.5. The molecule has 1 amide bonds. The highest BCUT2D eigenvalue weighted by Gasteiger charge is 2.52. The van der Waals surface area contributed by atoms with Gasteiger partial charge < -0.3 is 14.9 Å². The number of aliphatic hydroxyl groups is 2. The minimum Gasteiger partial charge on any atom is -0.492 e. The second-order valence-electron chi connectivity index (χ2n) is 5.96. The highest BCUT2D eigenvalue weighted by Crippen LogP contribution is 2.29. The molecule has 0 atom stereocenters. The first-order valence-corrected chi connectivity index (χ1v) is 6.77. The predicted molar refractivity (Wildman–Crippen MR) is 77.7 cm³/mol. The third kappa shape index (κ3) is 3.22. The van der Waals surface area contributed by atoms with Gasteiger partial charge in [0.1, 0.15) is 18.1 Å². The lowest BCUT2D eigenvalue weighted by Crippen LogP contribution is -2.50. The van der Waals surface area contributed by atoms with Crippen molar-refractivity contribution in [2.45, 2.75) is 26.6 Å². The summed E-state index contributed by atoms with van der Waals surface area (Å²) in [6.07, 6.45) is 0. The summed E-state index contributed by atoms with van der Waals surface area (Å²) in [7, 11) is 0. The zero-order chi connectivity index (χ0) is 15.7. The van der Waals surface area contributed by atoms with Crippen LogP contribution in [0.3, 0.4) is 0 Å². The minimum absolute atomic E-state index is 0.0414. The van der Waals surface area contributed by atoms with Gasteiger partial charge in [-0.2, -0.15) is 5.10 Å². The fraction of sp³-hybridized carbons (Fsp3) is 0.467. The van der Waals surface area contributed by atoms with Gasteiger partial charge in [0.15, 0.2) is 0 Å². The fourth-order valence-electron chi connectivity index (χ4n) is 2.11. The predicted octanol–water partition coefficient (Wildman–Crippen LogP) is 0.991. The lowest BCUT2D eigenvalue weighted by molar-refractivity contribution is -0.169. The smallest absolute Gasteiger partial charge is 0.309 e. The van der Waals surface area contributed by atoms with Crippen molar-refractivity contribution < 1.29 is 19.7 Å². The molecule has 2 N–H and O–H groups in total. The Morgan fingerprint density at radius 3 is 2.38 bits per heavy atom. The van der Waals surface area contributed by atoms with Crippen molar-refractivity contribution in [2.24, 2.45) is 10.5 Å². The maximum Gasteiger partial charge on any atom is 0.309 e. The van der Waals surface area contributed by atoms with Gasteiger partial charge in [0.25, 0.3) is 5.79 Å². The largest absolute Gasteiger partial charge is 0.492 e. The first-order chi connectivity index (χ1) is 9.73. The van der Waals surface area contributed by atoms with Crippen molar-refractivity contribution in [1.82, 2.24) is 5.01 Å². The Kier molecular flexibility index (Phi) is 4.02. The second kappa shape index (κ2) is 5.46. The van der Waals surface area contributed by atoms with E-state index < -0.39 is 17.1 Å². The molecule has 6 heteroatoms. The lowest BCUT2D eigenvalue weighted by atomic mass is 9.85. The molecule has 0 aliphatic carbocycles.